The summed E-state index contributed by atoms with van der Waals surface area (Å²) in [5.74, 6) is 1.81. The van der Waals surface area contributed by atoms with Gasteiger partial charge in [0.25, 0.3) is 0 Å². The minimum Gasteiger partial charge on any atom is -0.378 e. The summed E-state index contributed by atoms with van der Waals surface area (Å²) < 4.78 is 5.33. The van der Waals surface area contributed by atoms with Crippen molar-refractivity contribution in [1.29, 1.82) is 0 Å². The van der Waals surface area contributed by atoms with Gasteiger partial charge >= 0.3 is 6.03 Å². The first kappa shape index (κ1) is 17.0. The maximum atomic E-state index is 12.6. The number of carbonyl (C=O) groups excluding carboxylic acids is 1. The molecule has 2 amide bonds. The van der Waals surface area contributed by atoms with Gasteiger partial charge in [-0.15, -0.1) is 0 Å². The van der Waals surface area contributed by atoms with E-state index in [-0.39, 0.29) is 6.03 Å². The first-order valence-electron chi connectivity index (χ1n) is 8.71. The molecule has 3 rings (SSSR count). The average molecular weight is 333 g/mol. The highest BCUT2D eigenvalue weighted by Gasteiger charge is 2.29. The van der Waals surface area contributed by atoms with E-state index in [1.54, 1.807) is 0 Å². The van der Waals surface area contributed by atoms with Crippen LogP contribution >= 0.6 is 0 Å². The van der Waals surface area contributed by atoms with Gasteiger partial charge in [0, 0.05) is 51.0 Å². The molecule has 0 spiro atoms. The zero-order valence-electron chi connectivity index (χ0n) is 14.9. The fourth-order valence-corrected chi connectivity index (χ4v) is 3.48. The Morgan fingerprint density at radius 1 is 1.17 bits per heavy atom. The highest BCUT2D eigenvalue weighted by molar-refractivity contribution is 5.74. The van der Waals surface area contributed by atoms with E-state index in [1.807, 2.05) is 36.8 Å². The molecule has 132 valence electrons. The molecule has 0 aliphatic carbocycles. The summed E-state index contributed by atoms with van der Waals surface area (Å²) in [4.78, 5) is 27.6. The zero-order chi connectivity index (χ0) is 17.1. The number of hydrogen-bond donors (Lipinski definition) is 0. The Bertz CT molecular complexity index is 560. The molecule has 2 saturated heterocycles. The Morgan fingerprint density at radius 2 is 1.83 bits per heavy atom. The van der Waals surface area contributed by atoms with Crippen molar-refractivity contribution >= 4 is 11.8 Å². The normalized spacial score (nSPS) is 19.5. The van der Waals surface area contributed by atoms with Crippen LogP contribution in [0.2, 0.25) is 0 Å². The molecule has 1 aromatic rings. The molecule has 0 aromatic carbocycles. The van der Waals surface area contributed by atoms with Crippen LogP contribution in [0.15, 0.2) is 6.07 Å². The Morgan fingerprint density at radius 3 is 2.46 bits per heavy atom. The maximum absolute atomic E-state index is 12.6. The van der Waals surface area contributed by atoms with Gasteiger partial charge in [-0.2, -0.15) is 0 Å². The number of rotatable bonds is 2. The molecule has 0 N–H and O–H groups in total. The predicted molar refractivity (Wildman–Crippen MR) is 92.3 cm³/mol. The van der Waals surface area contributed by atoms with Crippen molar-refractivity contribution in [3.8, 4) is 0 Å². The van der Waals surface area contributed by atoms with Crippen LogP contribution in [0.1, 0.15) is 24.4 Å². The Labute approximate surface area is 143 Å². The molecule has 0 radical (unpaired) electrons. The topological polar surface area (TPSA) is 61.8 Å². The van der Waals surface area contributed by atoms with Crippen molar-refractivity contribution in [2.24, 2.45) is 0 Å². The van der Waals surface area contributed by atoms with E-state index in [1.165, 1.54) is 0 Å². The molecule has 0 unspecified atom stereocenters. The molecule has 2 aliphatic rings. The molecule has 0 atom stereocenters. The summed E-state index contributed by atoms with van der Waals surface area (Å²) in [6.07, 6.45) is 1.93. The Balaban J connectivity index is 1.57. The van der Waals surface area contributed by atoms with Gasteiger partial charge < -0.3 is 19.4 Å². The molecule has 0 bridgehead atoms. The van der Waals surface area contributed by atoms with E-state index in [0.29, 0.717) is 32.3 Å². The lowest BCUT2D eigenvalue weighted by atomic mass is 10.0. The van der Waals surface area contributed by atoms with Crippen LogP contribution in [0.5, 0.6) is 0 Å². The van der Waals surface area contributed by atoms with Crippen LogP contribution in [0, 0.1) is 13.8 Å². The van der Waals surface area contributed by atoms with Crippen molar-refractivity contribution in [2.45, 2.75) is 32.7 Å². The number of anilines is 1. The third kappa shape index (κ3) is 3.77. The minimum absolute atomic E-state index is 0.130. The molecule has 7 heteroatoms. The van der Waals surface area contributed by atoms with Crippen molar-refractivity contribution in [2.75, 3.05) is 51.3 Å². The highest BCUT2D eigenvalue weighted by atomic mass is 16.5. The van der Waals surface area contributed by atoms with Crippen LogP contribution in [-0.2, 0) is 4.74 Å². The summed E-state index contributed by atoms with van der Waals surface area (Å²) in [6, 6.07) is 2.46. The van der Waals surface area contributed by atoms with Crippen molar-refractivity contribution in [3.05, 3.63) is 17.6 Å². The lowest BCUT2D eigenvalue weighted by molar-refractivity contribution is 0.0409. The molecule has 2 aliphatic heterocycles. The van der Waals surface area contributed by atoms with E-state index in [4.69, 9.17) is 4.74 Å². The van der Waals surface area contributed by atoms with Crippen LogP contribution in [0.3, 0.4) is 0 Å². The van der Waals surface area contributed by atoms with Crippen LogP contribution in [-0.4, -0.2) is 78.3 Å². The smallest absolute Gasteiger partial charge is 0.320 e. The van der Waals surface area contributed by atoms with Crippen LogP contribution in [0.4, 0.5) is 10.6 Å². The van der Waals surface area contributed by atoms with E-state index >= 15 is 0 Å². The molecular weight excluding hydrogens is 306 g/mol. The molecule has 24 heavy (non-hydrogen) atoms. The molecule has 3 heterocycles. The van der Waals surface area contributed by atoms with Gasteiger partial charge in [0.05, 0.1) is 13.2 Å². The predicted octanol–water partition coefficient (Wildman–Crippen LogP) is 1.45. The van der Waals surface area contributed by atoms with Gasteiger partial charge in [-0.25, -0.2) is 14.8 Å². The fraction of sp³-hybridized carbons (Fsp3) is 0.706. The lowest BCUT2D eigenvalue weighted by Gasteiger charge is -2.39. The van der Waals surface area contributed by atoms with E-state index < -0.39 is 0 Å². The number of ether oxygens (including phenoxy) is 1. The zero-order valence-corrected chi connectivity index (χ0v) is 14.9. The standard InChI is InChI=1S/C17H27N5O2/c1-13-12-16(19-14(2)18-13)21-6-4-15(5-7-21)20(3)17(23)22-8-10-24-11-9-22/h12,15H,4-11H2,1-3H3. The van der Waals surface area contributed by atoms with Gasteiger partial charge in [-0.3, -0.25) is 0 Å². The Kier molecular flexibility index (Phi) is 5.18. The maximum Gasteiger partial charge on any atom is 0.320 e. The third-order valence-corrected chi connectivity index (χ3v) is 4.87. The first-order valence-corrected chi connectivity index (χ1v) is 8.71. The summed E-state index contributed by atoms with van der Waals surface area (Å²) in [5, 5.41) is 0. The van der Waals surface area contributed by atoms with E-state index in [2.05, 4.69) is 14.9 Å². The fourth-order valence-electron chi connectivity index (χ4n) is 3.48. The second kappa shape index (κ2) is 7.34. The van der Waals surface area contributed by atoms with Gasteiger partial charge in [0.15, 0.2) is 0 Å². The van der Waals surface area contributed by atoms with Crippen molar-refractivity contribution in [1.82, 2.24) is 19.8 Å². The summed E-state index contributed by atoms with van der Waals surface area (Å²) in [7, 11) is 1.93. The molecule has 1 aromatic heterocycles. The molecule has 2 fully saturated rings. The third-order valence-electron chi connectivity index (χ3n) is 4.87. The number of morpholine rings is 1. The summed E-state index contributed by atoms with van der Waals surface area (Å²) in [6.45, 7) is 8.44. The number of nitrogens with zero attached hydrogens (tertiary/aromatic N) is 5. The minimum atomic E-state index is 0.130. The number of aryl methyl sites for hydroxylation is 2. The number of piperidine rings is 1. The van der Waals surface area contributed by atoms with Crippen molar-refractivity contribution < 1.29 is 9.53 Å². The number of urea groups is 1. The largest absolute Gasteiger partial charge is 0.378 e. The number of aromatic nitrogens is 2. The van der Waals surface area contributed by atoms with Crippen LogP contribution < -0.4 is 4.90 Å². The second-order valence-corrected chi connectivity index (χ2v) is 6.63. The van der Waals surface area contributed by atoms with Gasteiger partial charge in [0.1, 0.15) is 11.6 Å². The SMILES string of the molecule is Cc1cc(N2CCC(N(C)C(=O)N3CCOCC3)CC2)nc(C)n1. The van der Waals surface area contributed by atoms with Crippen molar-refractivity contribution in [3.63, 3.8) is 0 Å². The summed E-state index contributed by atoms with van der Waals surface area (Å²) in [5.41, 5.74) is 0.999. The average Bonchev–Trinajstić information content (AvgIpc) is 2.60. The second-order valence-electron chi connectivity index (χ2n) is 6.63. The lowest BCUT2D eigenvalue weighted by Crippen LogP contribution is -2.52. The number of amides is 2. The van der Waals surface area contributed by atoms with E-state index in [9.17, 15) is 4.79 Å². The number of hydrogen-bond acceptors (Lipinski definition) is 5. The van der Waals surface area contributed by atoms with Gasteiger partial charge in [-0.1, -0.05) is 0 Å². The highest BCUT2D eigenvalue weighted by Crippen LogP contribution is 2.22. The molecule has 0 saturated carbocycles. The van der Waals surface area contributed by atoms with Crippen LogP contribution in [0.25, 0.3) is 0 Å². The summed E-state index contributed by atoms with van der Waals surface area (Å²) >= 11 is 0. The molecular formula is C17H27N5O2. The quantitative estimate of drug-likeness (QED) is 0.820. The molecule has 7 nitrogen and oxygen atoms in total. The first-order chi connectivity index (χ1) is 11.5. The van der Waals surface area contributed by atoms with E-state index in [0.717, 1.165) is 43.3 Å². The monoisotopic (exact) mass is 333 g/mol. The number of carbonyl (C=O) groups is 1. The van der Waals surface area contributed by atoms with Gasteiger partial charge in [0.2, 0.25) is 0 Å². The van der Waals surface area contributed by atoms with Gasteiger partial charge in [-0.05, 0) is 26.7 Å². The Hall–Kier alpha value is -1.89.